The van der Waals surface area contributed by atoms with Gasteiger partial charge in [0, 0.05) is 18.2 Å². The second kappa shape index (κ2) is 6.76. The molecule has 7 nitrogen and oxygen atoms in total. The zero-order chi connectivity index (χ0) is 14.4. The van der Waals surface area contributed by atoms with Gasteiger partial charge in [0.25, 0.3) is 5.69 Å². The maximum Gasteiger partial charge on any atom is 0.272 e. The van der Waals surface area contributed by atoms with Crippen molar-refractivity contribution in [2.75, 3.05) is 6.54 Å². The normalized spacial score (nSPS) is 10.7. The number of benzene rings is 1. The summed E-state index contributed by atoms with van der Waals surface area (Å²) < 4.78 is 1.96. The van der Waals surface area contributed by atoms with Crippen LogP contribution in [0.15, 0.2) is 30.6 Å². The number of aromatic nitrogens is 3. The summed E-state index contributed by atoms with van der Waals surface area (Å²) in [6.07, 6.45) is 2.30. The molecule has 2 rings (SSSR count). The molecule has 1 N–H and O–H groups in total. The highest BCUT2D eigenvalue weighted by Gasteiger charge is 2.11. The van der Waals surface area contributed by atoms with Crippen LogP contribution in [0.3, 0.4) is 0 Å². The van der Waals surface area contributed by atoms with Crippen LogP contribution < -0.4 is 5.32 Å². The van der Waals surface area contributed by atoms with Crippen molar-refractivity contribution in [3.05, 3.63) is 52.1 Å². The minimum atomic E-state index is -0.344. The minimum absolute atomic E-state index is 0.172. The summed E-state index contributed by atoms with van der Waals surface area (Å²) in [4.78, 5) is 10.5. The Morgan fingerprint density at radius 2 is 2.20 bits per heavy atom. The van der Waals surface area contributed by atoms with Crippen LogP contribution in [0.25, 0.3) is 0 Å². The van der Waals surface area contributed by atoms with E-state index in [1.54, 1.807) is 18.5 Å². The fourth-order valence-electron chi connectivity index (χ4n) is 2.00. The molecule has 1 aromatic carbocycles. The molecule has 1 heterocycles. The van der Waals surface area contributed by atoms with Gasteiger partial charge in [-0.25, -0.2) is 0 Å². The Balaban J connectivity index is 1.86. The maximum atomic E-state index is 10.9. The Bertz CT molecular complexity index is 582. The van der Waals surface area contributed by atoms with Crippen LogP contribution in [0.1, 0.15) is 18.3 Å². The molecule has 20 heavy (non-hydrogen) atoms. The topological polar surface area (TPSA) is 85.9 Å². The lowest BCUT2D eigenvalue weighted by molar-refractivity contribution is -0.385. The van der Waals surface area contributed by atoms with Gasteiger partial charge in [-0.2, -0.15) is 0 Å². The van der Waals surface area contributed by atoms with Gasteiger partial charge in [0.15, 0.2) is 0 Å². The van der Waals surface area contributed by atoms with Gasteiger partial charge in [-0.15, -0.1) is 10.2 Å². The van der Waals surface area contributed by atoms with Crippen molar-refractivity contribution in [3.8, 4) is 0 Å². The highest BCUT2D eigenvalue weighted by molar-refractivity contribution is 5.39. The molecule has 2 aromatic rings. The summed E-state index contributed by atoms with van der Waals surface area (Å²) >= 11 is 0. The quantitative estimate of drug-likeness (QED) is 0.470. The Morgan fingerprint density at radius 3 is 2.95 bits per heavy atom. The molecule has 7 heteroatoms. The number of hydrogen-bond donors (Lipinski definition) is 1. The molecule has 0 fully saturated rings. The molecule has 0 amide bonds. The van der Waals surface area contributed by atoms with Crippen LogP contribution in [0.2, 0.25) is 0 Å². The van der Waals surface area contributed by atoms with E-state index in [0.29, 0.717) is 19.5 Å². The average molecular weight is 275 g/mol. The second-order valence-electron chi connectivity index (χ2n) is 4.35. The van der Waals surface area contributed by atoms with E-state index in [1.807, 2.05) is 17.6 Å². The summed E-state index contributed by atoms with van der Waals surface area (Å²) in [5, 5.41) is 22.0. The smallest absolute Gasteiger partial charge is 0.272 e. The highest BCUT2D eigenvalue weighted by Crippen LogP contribution is 2.17. The zero-order valence-corrected chi connectivity index (χ0v) is 11.3. The third kappa shape index (κ3) is 3.39. The Labute approximate surface area is 116 Å². The first kappa shape index (κ1) is 14.1. The van der Waals surface area contributed by atoms with Crippen molar-refractivity contribution < 1.29 is 4.92 Å². The molecular weight excluding hydrogens is 258 g/mol. The largest absolute Gasteiger partial charge is 0.317 e. The van der Waals surface area contributed by atoms with Gasteiger partial charge in [0.1, 0.15) is 12.2 Å². The predicted octanol–water partition coefficient (Wildman–Crippen LogP) is 1.54. The van der Waals surface area contributed by atoms with E-state index < -0.39 is 0 Å². The van der Waals surface area contributed by atoms with E-state index in [1.165, 1.54) is 6.07 Å². The SMILES string of the molecule is CCn1cnnc1CNCCc1ccccc1[N+](=O)[O-]. The lowest BCUT2D eigenvalue weighted by Crippen LogP contribution is -2.19. The van der Waals surface area contributed by atoms with Gasteiger partial charge in [0.2, 0.25) is 0 Å². The van der Waals surface area contributed by atoms with E-state index in [-0.39, 0.29) is 10.6 Å². The van der Waals surface area contributed by atoms with Gasteiger partial charge in [-0.3, -0.25) is 10.1 Å². The molecule has 0 saturated heterocycles. The van der Waals surface area contributed by atoms with E-state index in [9.17, 15) is 10.1 Å². The molecule has 0 aliphatic carbocycles. The van der Waals surface area contributed by atoms with Crippen molar-refractivity contribution in [3.63, 3.8) is 0 Å². The standard InChI is InChI=1S/C13H17N5O2/c1-2-17-10-15-16-13(17)9-14-8-7-11-5-3-4-6-12(11)18(19)20/h3-6,10,14H,2,7-9H2,1H3. The predicted molar refractivity (Wildman–Crippen MR) is 74.2 cm³/mol. The molecule has 0 bridgehead atoms. The summed E-state index contributed by atoms with van der Waals surface area (Å²) in [7, 11) is 0. The molecule has 0 atom stereocenters. The van der Waals surface area contributed by atoms with Gasteiger partial charge >= 0.3 is 0 Å². The van der Waals surface area contributed by atoms with E-state index in [0.717, 1.165) is 17.9 Å². The first-order valence-electron chi connectivity index (χ1n) is 6.52. The van der Waals surface area contributed by atoms with E-state index in [4.69, 9.17) is 0 Å². The fourth-order valence-corrected chi connectivity index (χ4v) is 2.00. The summed E-state index contributed by atoms with van der Waals surface area (Å²) in [5.74, 6) is 0.870. The summed E-state index contributed by atoms with van der Waals surface area (Å²) in [6.45, 7) is 4.12. The van der Waals surface area contributed by atoms with Crippen LogP contribution in [0.4, 0.5) is 5.69 Å². The molecule has 106 valence electrons. The van der Waals surface area contributed by atoms with E-state index in [2.05, 4.69) is 15.5 Å². The van der Waals surface area contributed by atoms with Crippen LogP contribution in [0, 0.1) is 10.1 Å². The molecular formula is C13H17N5O2. The second-order valence-corrected chi connectivity index (χ2v) is 4.35. The van der Waals surface area contributed by atoms with Crippen LogP contribution >= 0.6 is 0 Å². The molecule has 0 saturated carbocycles. The molecule has 0 aliphatic rings. The third-order valence-electron chi connectivity index (χ3n) is 3.08. The van der Waals surface area contributed by atoms with Crippen LogP contribution in [-0.2, 0) is 19.5 Å². The number of nitrogens with one attached hydrogen (secondary N) is 1. The first-order chi connectivity index (χ1) is 9.72. The Hall–Kier alpha value is -2.28. The Morgan fingerprint density at radius 1 is 1.40 bits per heavy atom. The number of nitrogens with zero attached hydrogens (tertiary/aromatic N) is 4. The monoisotopic (exact) mass is 275 g/mol. The summed E-state index contributed by atoms with van der Waals surface area (Å²) in [5.41, 5.74) is 0.910. The van der Waals surface area contributed by atoms with Crippen LogP contribution in [-0.4, -0.2) is 26.2 Å². The van der Waals surface area contributed by atoms with Crippen molar-refractivity contribution >= 4 is 5.69 Å². The van der Waals surface area contributed by atoms with Gasteiger partial charge < -0.3 is 9.88 Å². The van der Waals surface area contributed by atoms with Crippen molar-refractivity contribution in [1.29, 1.82) is 0 Å². The molecule has 0 aliphatic heterocycles. The van der Waals surface area contributed by atoms with Crippen molar-refractivity contribution in [2.45, 2.75) is 26.4 Å². The molecule has 1 aromatic heterocycles. The number of para-hydroxylation sites is 1. The molecule has 0 spiro atoms. The number of nitro groups is 1. The number of aryl methyl sites for hydroxylation is 1. The Kier molecular flexibility index (Phi) is 4.78. The van der Waals surface area contributed by atoms with Gasteiger partial charge in [-0.05, 0) is 19.9 Å². The lowest BCUT2D eigenvalue weighted by atomic mass is 10.1. The van der Waals surface area contributed by atoms with Crippen molar-refractivity contribution in [1.82, 2.24) is 20.1 Å². The number of nitro benzene ring substituents is 1. The van der Waals surface area contributed by atoms with E-state index >= 15 is 0 Å². The van der Waals surface area contributed by atoms with Gasteiger partial charge in [0.05, 0.1) is 11.5 Å². The number of hydrogen-bond acceptors (Lipinski definition) is 5. The maximum absolute atomic E-state index is 10.9. The average Bonchev–Trinajstić information content (AvgIpc) is 2.91. The lowest BCUT2D eigenvalue weighted by Gasteiger charge is -2.06. The number of rotatable bonds is 7. The molecule has 0 radical (unpaired) electrons. The van der Waals surface area contributed by atoms with Gasteiger partial charge in [-0.1, -0.05) is 18.2 Å². The zero-order valence-electron chi connectivity index (χ0n) is 11.3. The summed E-state index contributed by atoms with van der Waals surface area (Å²) in [6, 6.07) is 6.81. The van der Waals surface area contributed by atoms with Crippen LogP contribution in [0.5, 0.6) is 0 Å². The first-order valence-corrected chi connectivity index (χ1v) is 6.52. The molecule has 0 unspecified atom stereocenters. The third-order valence-corrected chi connectivity index (χ3v) is 3.08. The van der Waals surface area contributed by atoms with Crippen molar-refractivity contribution in [2.24, 2.45) is 0 Å². The minimum Gasteiger partial charge on any atom is -0.317 e. The fraction of sp³-hybridized carbons (Fsp3) is 0.385. The highest BCUT2D eigenvalue weighted by atomic mass is 16.6.